The molecule has 0 aliphatic heterocycles. The second kappa shape index (κ2) is 7.97. The van der Waals surface area contributed by atoms with E-state index in [2.05, 4.69) is 26.6 Å². The molecule has 14 heavy (non-hydrogen) atoms. The van der Waals surface area contributed by atoms with Crippen LogP contribution in [0.4, 0.5) is 0 Å². The molecule has 0 aliphatic carbocycles. The van der Waals surface area contributed by atoms with Gasteiger partial charge in [0.2, 0.25) is 0 Å². The second-order valence-corrected chi connectivity index (χ2v) is 21.9. The molecule has 0 bridgehead atoms. The predicted octanol–water partition coefficient (Wildman–Crippen LogP) is 3.99. The summed E-state index contributed by atoms with van der Waals surface area (Å²) >= 11 is 1.11. The fraction of sp³-hybridized carbons (Fsp3) is 0.900. The first-order valence-corrected chi connectivity index (χ1v) is 17.0. The Labute approximate surface area is 98.0 Å². The number of unbranched alkanes of at least 4 members (excludes halogenated alkanes) is 2. The van der Waals surface area contributed by atoms with Crippen molar-refractivity contribution in [1.82, 2.24) is 0 Å². The summed E-state index contributed by atoms with van der Waals surface area (Å²) in [6.45, 7) is 5.87. The van der Waals surface area contributed by atoms with Crippen LogP contribution in [0.25, 0.3) is 0 Å². The first-order chi connectivity index (χ1) is 6.54. The van der Waals surface area contributed by atoms with Gasteiger partial charge in [0, 0.05) is 0 Å². The van der Waals surface area contributed by atoms with Gasteiger partial charge < -0.3 is 0 Å². The van der Waals surface area contributed by atoms with Crippen LogP contribution >= 0.6 is 12.7 Å². The normalized spacial score (nSPS) is 11.4. The Kier molecular flexibility index (Phi) is 8.39. The molecule has 0 saturated carbocycles. The molecule has 0 radical (unpaired) electrons. The third-order valence-corrected chi connectivity index (χ3v) is 16.7. The van der Waals surface area contributed by atoms with Crippen molar-refractivity contribution >= 4 is 35.2 Å². The predicted molar refractivity (Wildman–Crippen MR) is 65.9 cm³/mol. The van der Waals surface area contributed by atoms with Crippen LogP contribution in [0.3, 0.4) is 0 Å². The molecule has 0 aliphatic rings. The third kappa shape index (κ3) is 7.10. The molecule has 84 valence electrons. The SMILES string of the molecule is CCC[CH2][Sn]([Br])([CH2]CCC)[O]C(C)=O. The fourth-order valence-electron chi connectivity index (χ4n) is 1.37. The molecule has 0 atom stereocenters. The van der Waals surface area contributed by atoms with E-state index in [-0.39, 0.29) is 5.97 Å². The molecule has 0 aromatic rings. The van der Waals surface area contributed by atoms with Crippen molar-refractivity contribution in [3.8, 4) is 0 Å². The zero-order valence-corrected chi connectivity index (χ0v) is 13.9. The Bertz CT molecular complexity index is 166. The van der Waals surface area contributed by atoms with E-state index in [1.165, 1.54) is 32.6 Å². The molecule has 0 N–H and O–H groups in total. The van der Waals surface area contributed by atoms with Crippen LogP contribution < -0.4 is 0 Å². The van der Waals surface area contributed by atoms with Crippen LogP contribution in [0.15, 0.2) is 0 Å². The van der Waals surface area contributed by atoms with Crippen molar-refractivity contribution in [2.45, 2.75) is 55.3 Å². The molecule has 0 spiro atoms. The Hall–Kier alpha value is 0.749. The van der Waals surface area contributed by atoms with Crippen molar-refractivity contribution in [1.29, 1.82) is 0 Å². The molecule has 0 amide bonds. The van der Waals surface area contributed by atoms with Gasteiger partial charge in [0.15, 0.2) is 0 Å². The molecule has 0 unspecified atom stereocenters. The van der Waals surface area contributed by atoms with Crippen LogP contribution in [0.1, 0.15) is 46.5 Å². The summed E-state index contributed by atoms with van der Waals surface area (Å²) in [5, 5.41) is 0. The van der Waals surface area contributed by atoms with Gasteiger partial charge in [-0.15, -0.1) is 0 Å². The molecule has 0 aromatic heterocycles. The average Bonchev–Trinajstić information content (AvgIpc) is 2.11. The quantitative estimate of drug-likeness (QED) is 0.632. The maximum atomic E-state index is 11.0. The molecule has 0 heterocycles. The van der Waals surface area contributed by atoms with E-state index >= 15 is 0 Å². The summed E-state index contributed by atoms with van der Waals surface area (Å²) in [5.74, 6) is -0.107. The Balaban J connectivity index is 4.09. The van der Waals surface area contributed by atoms with Crippen molar-refractivity contribution in [3.05, 3.63) is 0 Å². The van der Waals surface area contributed by atoms with Crippen molar-refractivity contribution in [2.75, 3.05) is 0 Å². The number of halogens is 1. The zero-order valence-electron chi connectivity index (χ0n) is 9.44. The monoisotopic (exact) mass is 372 g/mol. The van der Waals surface area contributed by atoms with E-state index in [1.54, 1.807) is 0 Å². The average molecular weight is 372 g/mol. The minimum absolute atomic E-state index is 0.107. The molecule has 0 saturated heterocycles. The van der Waals surface area contributed by atoms with Gasteiger partial charge in [0.25, 0.3) is 0 Å². The molecule has 2 nitrogen and oxygen atoms in total. The fourth-order valence-corrected chi connectivity index (χ4v) is 14.5. The van der Waals surface area contributed by atoms with Gasteiger partial charge in [-0.05, 0) is 0 Å². The summed E-state index contributed by atoms with van der Waals surface area (Å²) < 4.78 is 7.76. The van der Waals surface area contributed by atoms with Gasteiger partial charge >= 0.3 is 98.4 Å². The van der Waals surface area contributed by atoms with E-state index < -0.39 is 16.6 Å². The van der Waals surface area contributed by atoms with Gasteiger partial charge in [-0.2, -0.15) is 0 Å². The summed E-state index contributed by atoms with van der Waals surface area (Å²) in [4.78, 5) is 11.0. The van der Waals surface area contributed by atoms with Crippen LogP contribution in [0.2, 0.25) is 8.87 Å². The van der Waals surface area contributed by atoms with Gasteiger partial charge in [-0.3, -0.25) is 0 Å². The van der Waals surface area contributed by atoms with Crippen molar-refractivity contribution in [2.24, 2.45) is 0 Å². The molecular weight excluding hydrogens is 351 g/mol. The first kappa shape index (κ1) is 14.7. The van der Waals surface area contributed by atoms with E-state index in [1.807, 2.05) is 0 Å². The topological polar surface area (TPSA) is 26.3 Å². The molecule has 0 rings (SSSR count). The van der Waals surface area contributed by atoms with Crippen LogP contribution in [0.5, 0.6) is 0 Å². The number of carbonyl (C=O) groups excluding carboxylic acids is 1. The second-order valence-electron chi connectivity index (χ2n) is 3.68. The number of hydrogen-bond donors (Lipinski definition) is 0. The first-order valence-electron chi connectivity index (χ1n) is 5.42. The summed E-state index contributed by atoms with van der Waals surface area (Å²) in [7, 11) is 0. The van der Waals surface area contributed by atoms with E-state index in [9.17, 15) is 4.79 Å². The summed E-state index contributed by atoms with van der Waals surface area (Å²) in [6, 6.07) is 0. The summed E-state index contributed by atoms with van der Waals surface area (Å²) in [5.41, 5.74) is 0. The Morgan fingerprint density at radius 1 is 1.21 bits per heavy atom. The van der Waals surface area contributed by atoms with E-state index in [0.717, 1.165) is 8.87 Å². The van der Waals surface area contributed by atoms with Crippen LogP contribution in [0, 0.1) is 0 Å². The number of carbonyl (C=O) groups is 1. The standard InChI is InChI=1S/2C4H9.C2H4O2.BrH.Sn/c2*1-3-4-2;1-2(3)4;;/h2*1,3-4H2,2H3;1H3,(H,3,4);1H;/q;;;;+2/p-2. The van der Waals surface area contributed by atoms with Gasteiger partial charge in [0.1, 0.15) is 0 Å². The van der Waals surface area contributed by atoms with Gasteiger partial charge in [-0.25, -0.2) is 0 Å². The minimum atomic E-state index is -2.65. The molecular formula is C10H21BrO2Sn. The zero-order chi connectivity index (χ0) is 11.0. The Morgan fingerprint density at radius 2 is 1.64 bits per heavy atom. The Morgan fingerprint density at radius 3 is 1.93 bits per heavy atom. The summed E-state index contributed by atoms with van der Waals surface area (Å²) in [6.07, 6.45) is 4.71. The molecule has 0 fully saturated rings. The van der Waals surface area contributed by atoms with Crippen LogP contribution in [-0.4, -0.2) is 22.5 Å². The van der Waals surface area contributed by atoms with Gasteiger partial charge in [0.05, 0.1) is 0 Å². The van der Waals surface area contributed by atoms with Crippen LogP contribution in [-0.2, 0) is 7.87 Å². The van der Waals surface area contributed by atoms with E-state index in [0.29, 0.717) is 0 Å². The molecule has 0 aromatic carbocycles. The van der Waals surface area contributed by atoms with E-state index in [4.69, 9.17) is 3.07 Å². The number of rotatable bonds is 7. The maximum absolute atomic E-state index is 11.0. The molecule has 4 heteroatoms. The van der Waals surface area contributed by atoms with Gasteiger partial charge in [-0.1, -0.05) is 0 Å². The number of hydrogen-bond acceptors (Lipinski definition) is 2. The van der Waals surface area contributed by atoms with Crippen molar-refractivity contribution in [3.63, 3.8) is 0 Å². The van der Waals surface area contributed by atoms with Crippen molar-refractivity contribution < 1.29 is 7.87 Å². The third-order valence-electron chi connectivity index (χ3n) is 2.13.